The van der Waals surface area contributed by atoms with Gasteiger partial charge in [-0.2, -0.15) is 0 Å². The van der Waals surface area contributed by atoms with E-state index in [9.17, 15) is 0 Å². The van der Waals surface area contributed by atoms with Gasteiger partial charge in [0.25, 0.3) is 0 Å². The molecule has 21 heavy (non-hydrogen) atoms. The van der Waals surface area contributed by atoms with Crippen LogP contribution in [0.3, 0.4) is 0 Å². The summed E-state index contributed by atoms with van der Waals surface area (Å²) in [4.78, 5) is 0. The van der Waals surface area contributed by atoms with E-state index in [1.807, 2.05) is 24.3 Å². The molecule has 1 saturated heterocycles. The van der Waals surface area contributed by atoms with Crippen molar-refractivity contribution in [3.05, 3.63) is 29.8 Å². The van der Waals surface area contributed by atoms with Crippen molar-refractivity contribution >= 4 is 0 Å². The molecule has 1 saturated carbocycles. The molecule has 0 N–H and O–H groups in total. The van der Waals surface area contributed by atoms with Gasteiger partial charge in [-0.25, -0.2) is 0 Å². The van der Waals surface area contributed by atoms with Crippen LogP contribution < -0.4 is 4.74 Å². The number of hydrogen-bond donors (Lipinski definition) is 0. The summed E-state index contributed by atoms with van der Waals surface area (Å²) >= 11 is 0. The van der Waals surface area contributed by atoms with Crippen LogP contribution in [0.2, 0.25) is 0 Å². The van der Waals surface area contributed by atoms with Crippen molar-refractivity contribution in [1.29, 1.82) is 0 Å². The Hall–Kier alpha value is -1.54. The molecule has 2 aliphatic rings. The molecule has 1 aromatic carbocycles. The van der Waals surface area contributed by atoms with Crippen molar-refractivity contribution < 1.29 is 18.9 Å². The molecule has 0 bridgehead atoms. The fourth-order valence-corrected chi connectivity index (χ4v) is 3.15. The molecule has 1 aliphatic heterocycles. The average Bonchev–Trinajstić information content (AvgIpc) is 2.88. The Bertz CT molecular complexity index is 519. The summed E-state index contributed by atoms with van der Waals surface area (Å²) in [5.41, 5.74) is 1.09. The predicted octanol–water partition coefficient (Wildman–Crippen LogP) is 2.22. The van der Waals surface area contributed by atoms with Gasteiger partial charge in [0.15, 0.2) is 6.29 Å². The maximum atomic E-state index is 5.98. The van der Waals surface area contributed by atoms with Crippen molar-refractivity contribution in [2.75, 3.05) is 14.2 Å². The first-order valence-corrected chi connectivity index (χ1v) is 7.15. The smallest absolute Gasteiger partial charge is 0.158 e. The Morgan fingerprint density at radius 2 is 2.05 bits per heavy atom. The fraction of sp³-hybridized carbons (Fsp3) is 0.529. The van der Waals surface area contributed by atoms with Crippen molar-refractivity contribution in [3.8, 4) is 18.1 Å². The number of methoxy groups -OCH3 is 2. The number of benzene rings is 1. The van der Waals surface area contributed by atoms with E-state index in [0.29, 0.717) is 12.5 Å². The molecule has 1 heterocycles. The number of fused-ring (bicyclic) bond motifs is 1. The van der Waals surface area contributed by atoms with Crippen LogP contribution >= 0.6 is 0 Å². The molecule has 0 amide bonds. The summed E-state index contributed by atoms with van der Waals surface area (Å²) in [6, 6.07) is 7.84. The van der Waals surface area contributed by atoms with E-state index in [0.717, 1.165) is 17.7 Å². The SMILES string of the molecule is C#C[C@H]1[C@H]2CC(OC)O[C@H]2[C@@H]1OCc1ccc(OC)cc1. The fourth-order valence-electron chi connectivity index (χ4n) is 3.15. The second kappa shape index (κ2) is 6.07. The lowest BCUT2D eigenvalue weighted by Gasteiger charge is -2.44. The Morgan fingerprint density at radius 1 is 1.29 bits per heavy atom. The van der Waals surface area contributed by atoms with Gasteiger partial charge in [0, 0.05) is 19.4 Å². The van der Waals surface area contributed by atoms with Crippen LogP contribution in [0.15, 0.2) is 24.3 Å². The molecule has 4 heteroatoms. The summed E-state index contributed by atoms with van der Waals surface area (Å²) in [7, 11) is 3.31. The third-order valence-electron chi connectivity index (χ3n) is 4.39. The van der Waals surface area contributed by atoms with E-state index < -0.39 is 0 Å². The lowest BCUT2D eigenvalue weighted by Crippen LogP contribution is -2.54. The monoisotopic (exact) mass is 288 g/mol. The van der Waals surface area contributed by atoms with Gasteiger partial charge in [0.05, 0.1) is 31.8 Å². The zero-order valence-electron chi connectivity index (χ0n) is 12.3. The van der Waals surface area contributed by atoms with Gasteiger partial charge in [-0.1, -0.05) is 12.1 Å². The van der Waals surface area contributed by atoms with Crippen LogP contribution in [0.4, 0.5) is 0 Å². The minimum Gasteiger partial charge on any atom is -0.497 e. The standard InChI is InChI=1S/C17H20O4/c1-4-13-14-9-15(19-3)21-17(14)16(13)20-10-11-5-7-12(18-2)8-6-11/h1,5-8,13-17H,9-10H2,2-3H3/t13-,14+,15?,16+,17+/m0/s1. The molecule has 0 spiro atoms. The van der Waals surface area contributed by atoms with Gasteiger partial charge < -0.3 is 18.9 Å². The lowest BCUT2D eigenvalue weighted by molar-refractivity contribution is -0.194. The summed E-state index contributed by atoms with van der Waals surface area (Å²) in [5.74, 6) is 4.16. The summed E-state index contributed by atoms with van der Waals surface area (Å²) in [6.07, 6.45) is 6.37. The zero-order chi connectivity index (χ0) is 14.8. The summed E-state index contributed by atoms with van der Waals surface area (Å²) < 4.78 is 22.2. The molecule has 4 nitrogen and oxygen atoms in total. The van der Waals surface area contributed by atoms with E-state index >= 15 is 0 Å². The number of hydrogen-bond acceptors (Lipinski definition) is 4. The van der Waals surface area contributed by atoms with Crippen molar-refractivity contribution in [2.45, 2.75) is 31.5 Å². The molecular weight excluding hydrogens is 268 g/mol. The maximum Gasteiger partial charge on any atom is 0.158 e. The quantitative estimate of drug-likeness (QED) is 0.779. The number of terminal acetylenes is 1. The van der Waals surface area contributed by atoms with Crippen LogP contribution in [0.25, 0.3) is 0 Å². The van der Waals surface area contributed by atoms with Crippen LogP contribution in [-0.2, 0) is 20.8 Å². The maximum absolute atomic E-state index is 5.98. The van der Waals surface area contributed by atoms with Crippen LogP contribution in [0, 0.1) is 24.2 Å². The number of ether oxygens (including phenoxy) is 4. The molecule has 0 radical (unpaired) electrons. The van der Waals surface area contributed by atoms with Crippen molar-refractivity contribution in [2.24, 2.45) is 11.8 Å². The summed E-state index contributed by atoms with van der Waals surface area (Å²) in [6.45, 7) is 0.525. The number of rotatable bonds is 5. The van der Waals surface area contributed by atoms with Crippen molar-refractivity contribution in [1.82, 2.24) is 0 Å². The Balaban J connectivity index is 1.58. The Kier molecular flexibility index (Phi) is 4.16. The Labute approximate surface area is 125 Å². The predicted molar refractivity (Wildman–Crippen MR) is 77.7 cm³/mol. The van der Waals surface area contributed by atoms with E-state index in [1.165, 1.54) is 0 Å². The second-order valence-corrected chi connectivity index (χ2v) is 5.48. The van der Waals surface area contributed by atoms with E-state index in [2.05, 4.69) is 5.92 Å². The third kappa shape index (κ3) is 2.65. The average molecular weight is 288 g/mol. The molecule has 1 aliphatic carbocycles. The van der Waals surface area contributed by atoms with E-state index in [4.69, 9.17) is 25.4 Å². The zero-order valence-corrected chi connectivity index (χ0v) is 12.3. The molecular formula is C17H20O4. The highest BCUT2D eigenvalue weighted by atomic mass is 16.7. The minimum atomic E-state index is -0.148. The van der Waals surface area contributed by atoms with Gasteiger partial charge in [-0.05, 0) is 17.7 Å². The van der Waals surface area contributed by atoms with Gasteiger partial charge in [-0.3, -0.25) is 0 Å². The van der Waals surface area contributed by atoms with Gasteiger partial charge in [-0.15, -0.1) is 12.3 Å². The minimum absolute atomic E-state index is 0.0396. The van der Waals surface area contributed by atoms with E-state index in [1.54, 1.807) is 14.2 Å². The molecule has 1 aromatic rings. The molecule has 112 valence electrons. The molecule has 1 unspecified atom stereocenters. The Morgan fingerprint density at radius 3 is 2.67 bits per heavy atom. The summed E-state index contributed by atoms with van der Waals surface area (Å²) in [5, 5.41) is 0. The van der Waals surface area contributed by atoms with Gasteiger partial charge in [0.2, 0.25) is 0 Å². The molecule has 5 atom stereocenters. The van der Waals surface area contributed by atoms with Crippen LogP contribution in [-0.4, -0.2) is 32.7 Å². The van der Waals surface area contributed by atoms with Crippen LogP contribution in [0.1, 0.15) is 12.0 Å². The highest BCUT2D eigenvalue weighted by molar-refractivity contribution is 5.26. The van der Waals surface area contributed by atoms with E-state index in [-0.39, 0.29) is 24.4 Å². The topological polar surface area (TPSA) is 36.9 Å². The van der Waals surface area contributed by atoms with Gasteiger partial charge in [0.1, 0.15) is 5.75 Å². The molecule has 2 fully saturated rings. The van der Waals surface area contributed by atoms with Crippen molar-refractivity contribution in [3.63, 3.8) is 0 Å². The second-order valence-electron chi connectivity index (χ2n) is 5.48. The highest BCUT2D eigenvalue weighted by Crippen LogP contribution is 2.48. The highest BCUT2D eigenvalue weighted by Gasteiger charge is 2.57. The van der Waals surface area contributed by atoms with Crippen LogP contribution in [0.5, 0.6) is 5.75 Å². The molecule has 3 rings (SSSR count). The molecule has 0 aromatic heterocycles. The van der Waals surface area contributed by atoms with Gasteiger partial charge >= 0.3 is 0 Å². The first kappa shape index (κ1) is 14.4. The third-order valence-corrected chi connectivity index (χ3v) is 4.39. The normalized spacial score (nSPS) is 33.9. The first-order chi connectivity index (χ1) is 10.3. The largest absolute Gasteiger partial charge is 0.497 e. The first-order valence-electron chi connectivity index (χ1n) is 7.15. The lowest BCUT2D eigenvalue weighted by atomic mass is 9.68.